The average molecular weight is 449 g/mol. The lowest BCUT2D eigenvalue weighted by Crippen LogP contribution is -2.48. The second kappa shape index (κ2) is 9.57. The first-order valence-electron chi connectivity index (χ1n) is 10.4. The van der Waals surface area contributed by atoms with Crippen LogP contribution in [0.2, 0.25) is 0 Å². The van der Waals surface area contributed by atoms with Gasteiger partial charge in [-0.25, -0.2) is 8.42 Å². The van der Waals surface area contributed by atoms with Gasteiger partial charge < -0.3 is 5.32 Å². The first kappa shape index (κ1) is 21.5. The van der Waals surface area contributed by atoms with Gasteiger partial charge in [0, 0.05) is 51.5 Å². The lowest BCUT2D eigenvalue weighted by Gasteiger charge is -2.34. The SMILES string of the molecule is O=C(CN1CCN(Cc2ccsc2)CC1)Nc1cccc(S(=O)(=O)N2CCCC2)c1. The highest BCUT2D eigenvalue weighted by Crippen LogP contribution is 2.23. The molecule has 2 fully saturated rings. The van der Waals surface area contributed by atoms with Gasteiger partial charge >= 0.3 is 0 Å². The molecule has 1 amide bonds. The van der Waals surface area contributed by atoms with E-state index in [1.807, 2.05) is 0 Å². The molecule has 1 N–H and O–H groups in total. The van der Waals surface area contributed by atoms with Crippen molar-refractivity contribution in [3.05, 3.63) is 46.7 Å². The predicted octanol–water partition coefficient (Wildman–Crippen LogP) is 2.29. The highest BCUT2D eigenvalue weighted by atomic mass is 32.2. The standard InChI is InChI=1S/C21H28N4O3S2/c26-21(16-24-11-9-23(10-12-24)15-18-6-13-29-17-18)22-19-4-3-5-20(14-19)30(27,28)25-7-1-2-8-25/h3-6,13-14,17H,1-2,7-12,15-16H2,(H,22,26). The van der Waals surface area contributed by atoms with E-state index in [9.17, 15) is 13.2 Å². The van der Waals surface area contributed by atoms with Gasteiger partial charge in [-0.1, -0.05) is 6.07 Å². The van der Waals surface area contributed by atoms with Crippen molar-refractivity contribution in [1.82, 2.24) is 14.1 Å². The molecule has 0 saturated carbocycles. The quantitative estimate of drug-likeness (QED) is 0.704. The fourth-order valence-electron chi connectivity index (χ4n) is 3.96. The number of carbonyl (C=O) groups excluding carboxylic acids is 1. The summed E-state index contributed by atoms with van der Waals surface area (Å²) >= 11 is 1.72. The Balaban J connectivity index is 1.28. The molecule has 0 bridgehead atoms. The summed E-state index contributed by atoms with van der Waals surface area (Å²) in [4.78, 5) is 17.3. The Hall–Kier alpha value is -1.78. The summed E-state index contributed by atoms with van der Waals surface area (Å²) in [6, 6.07) is 8.73. The maximum absolute atomic E-state index is 12.7. The number of amides is 1. The topological polar surface area (TPSA) is 73.0 Å². The molecule has 0 spiro atoms. The van der Waals surface area contributed by atoms with Crippen molar-refractivity contribution in [2.75, 3.05) is 51.1 Å². The van der Waals surface area contributed by atoms with Crippen LogP contribution in [0, 0.1) is 0 Å². The van der Waals surface area contributed by atoms with E-state index in [1.54, 1.807) is 35.6 Å². The van der Waals surface area contributed by atoms with E-state index in [1.165, 1.54) is 9.87 Å². The molecule has 9 heteroatoms. The van der Waals surface area contributed by atoms with Crippen LogP contribution in [0.5, 0.6) is 0 Å². The Morgan fingerprint density at radius 2 is 1.73 bits per heavy atom. The maximum atomic E-state index is 12.7. The minimum absolute atomic E-state index is 0.114. The van der Waals surface area contributed by atoms with Crippen LogP contribution in [-0.4, -0.2) is 74.2 Å². The van der Waals surface area contributed by atoms with Crippen LogP contribution in [0.15, 0.2) is 46.0 Å². The van der Waals surface area contributed by atoms with E-state index >= 15 is 0 Å². The third-order valence-electron chi connectivity index (χ3n) is 5.64. The summed E-state index contributed by atoms with van der Waals surface area (Å²) in [7, 11) is -3.49. The van der Waals surface area contributed by atoms with Crippen LogP contribution in [0.1, 0.15) is 18.4 Å². The molecule has 7 nitrogen and oxygen atoms in total. The van der Waals surface area contributed by atoms with Gasteiger partial charge in [0.2, 0.25) is 15.9 Å². The molecule has 2 aliphatic rings. The molecule has 2 aromatic rings. The normalized spacial score (nSPS) is 19.2. The molecule has 2 saturated heterocycles. The molecular formula is C21H28N4O3S2. The highest BCUT2D eigenvalue weighted by molar-refractivity contribution is 7.89. The van der Waals surface area contributed by atoms with E-state index in [4.69, 9.17) is 0 Å². The molecule has 4 rings (SSSR count). The number of thiophene rings is 1. The number of anilines is 1. The zero-order valence-electron chi connectivity index (χ0n) is 17.0. The zero-order chi connectivity index (χ0) is 21.0. The largest absolute Gasteiger partial charge is 0.325 e. The second-order valence-corrected chi connectivity index (χ2v) is 10.6. The van der Waals surface area contributed by atoms with Crippen molar-refractivity contribution < 1.29 is 13.2 Å². The second-order valence-electron chi connectivity index (χ2n) is 7.87. The molecule has 1 aromatic heterocycles. The molecule has 3 heterocycles. The van der Waals surface area contributed by atoms with Crippen molar-refractivity contribution >= 4 is 33.0 Å². The number of benzene rings is 1. The summed E-state index contributed by atoms with van der Waals surface area (Å²) in [6.07, 6.45) is 1.80. The number of hydrogen-bond donors (Lipinski definition) is 1. The van der Waals surface area contributed by atoms with Gasteiger partial charge in [-0.3, -0.25) is 14.6 Å². The molecular weight excluding hydrogens is 420 g/mol. The Morgan fingerprint density at radius 1 is 1.00 bits per heavy atom. The third-order valence-corrected chi connectivity index (χ3v) is 8.27. The molecule has 0 radical (unpaired) electrons. The predicted molar refractivity (Wildman–Crippen MR) is 119 cm³/mol. The number of rotatable bonds is 7. The minimum atomic E-state index is -3.49. The van der Waals surface area contributed by atoms with Crippen molar-refractivity contribution in [2.45, 2.75) is 24.3 Å². The summed E-state index contributed by atoms with van der Waals surface area (Å²) < 4.78 is 27.0. The molecule has 0 unspecified atom stereocenters. The van der Waals surface area contributed by atoms with Gasteiger partial charge in [-0.15, -0.1) is 0 Å². The number of sulfonamides is 1. The van der Waals surface area contributed by atoms with Gasteiger partial charge in [0.25, 0.3) is 0 Å². The van der Waals surface area contributed by atoms with Crippen molar-refractivity contribution in [2.24, 2.45) is 0 Å². The van der Waals surface area contributed by atoms with E-state index in [-0.39, 0.29) is 10.8 Å². The highest BCUT2D eigenvalue weighted by Gasteiger charge is 2.27. The summed E-state index contributed by atoms with van der Waals surface area (Å²) in [5, 5.41) is 7.14. The van der Waals surface area contributed by atoms with Crippen LogP contribution >= 0.6 is 11.3 Å². The third kappa shape index (κ3) is 5.28. The molecule has 0 aliphatic carbocycles. The molecule has 30 heavy (non-hydrogen) atoms. The maximum Gasteiger partial charge on any atom is 0.243 e. The number of nitrogens with zero attached hydrogens (tertiary/aromatic N) is 3. The van der Waals surface area contributed by atoms with Crippen molar-refractivity contribution in [1.29, 1.82) is 0 Å². The monoisotopic (exact) mass is 448 g/mol. The number of carbonyl (C=O) groups is 1. The van der Waals surface area contributed by atoms with E-state index < -0.39 is 10.0 Å². The Morgan fingerprint density at radius 3 is 2.43 bits per heavy atom. The summed E-state index contributed by atoms with van der Waals surface area (Å²) in [5.74, 6) is -0.114. The summed E-state index contributed by atoms with van der Waals surface area (Å²) in [5.41, 5.74) is 1.87. The number of nitrogens with one attached hydrogen (secondary N) is 1. The molecule has 1 aromatic carbocycles. The van der Waals surface area contributed by atoms with Gasteiger partial charge in [0.05, 0.1) is 11.4 Å². The smallest absolute Gasteiger partial charge is 0.243 e. The average Bonchev–Trinajstić information content (AvgIpc) is 3.44. The minimum Gasteiger partial charge on any atom is -0.325 e. The van der Waals surface area contributed by atoms with E-state index in [0.717, 1.165) is 45.6 Å². The zero-order valence-corrected chi connectivity index (χ0v) is 18.6. The molecule has 0 atom stereocenters. The Kier molecular flexibility index (Phi) is 6.84. The van der Waals surface area contributed by atoms with Crippen LogP contribution in [-0.2, 0) is 21.4 Å². The molecule has 162 valence electrons. The van der Waals surface area contributed by atoms with Crippen LogP contribution in [0.3, 0.4) is 0 Å². The fourth-order valence-corrected chi connectivity index (χ4v) is 6.19. The lowest BCUT2D eigenvalue weighted by atomic mass is 10.2. The Labute approximate surface area is 182 Å². The van der Waals surface area contributed by atoms with Gasteiger partial charge in [0.15, 0.2) is 0 Å². The van der Waals surface area contributed by atoms with Crippen LogP contribution in [0.25, 0.3) is 0 Å². The number of piperazine rings is 1. The Bertz CT molecular complexity index is 948. The number of hydrogen-bond acceptors (Lipinski definition) is 6. The fraction of sp³-hybridized carbons (Fsp3) is 0.476. The lowest BCUT2D eigenvalue weighted by molar-refractivity contribution is -0.117. The van der Waals surface area contributed by atoms with Gasteiger partial charge in [-0.05, 0) is 53.4 Å². The van der Waals surface area contributed by atoms with Crippen molar-refractivity contribution in [3.63, 3.8) is 0 Å². The van der Waals surface area contributed by atoms with E-state index in [2.05, 4.69) is 31.9 Å². The van der Waals surface area contributed by atoms with Crippen LogP contribution in [0.4, 0.5) is 5.69 Å². The van der Waals surface area contributed by atoms with Gasteiger partial charge in [-0.2, -0.15) is 15.6 Å². The van der Waals surface area contributed by atoms with Crippen molar-refractivity contribution in [3.8, 4) is 0 Å². The van der Waals surface area contributed by atoms with Crippen LogP contribution < -0.4 is 5.32 Å². The first-order valence-corrected chi connectivity index (χ1v) is 12.7. The van der Waals surface area contributed by atoms with Gasteiger partial charge in [0.1, 0.15) is 0 Å². The first-order chi connectivity index (χ1) is 14.5. The van der Waals surface area contributed by atoms with E-state index in [0.29, 0.717) is 25.3 Å². The summed E-state index contributed by atoms with van der Waals surface area (Å²) in [6.45, 7) is 5.98. The molecule has 2 aliphatic heterocycles.